The van der Waals surface area contributed by atoms with E-state index in [0.29, 0.717) is 40.3 Å². The molecule has 2 aromatic carbocycles. The number of nitrogens with one attached hydrogen (secondary N) is 3. The summed E-state index contributed by atoms with van der Waals surface area (Å²) < 4.78 is 0. The zero-order chi connectivity index (χ0) is 25.1. The van der Waals surface area contributed by atoms with Crippen LogP contribution in [0.25, 0.3) is 0 Å². The Balaban J connectivity index is 1.42. The number of rotatable bonds is 5. The van der Waals surface area contributed by atoms with Crippen molar-refractivity contribution in [2.24, 2.45) is 0 Å². The fourth-order valence-corrected chi connectivity index (χ4v) is 4.15. The van der Waals surface area contributed by atoms with E-state index in [4.69, 9.17) is 0 Å². The molecule has 1 aliphatic rings. The zero-order valence-corrected chi connectivity index (χ0v) is 19.3. The molecule has 0 aliphatic carbocycles. The minimum atomic E-state index is -0.431. The summed E-state index contributed by atoms with van der Waals surface area (Å²) in [5, 5.41) is 14.7. The Morgan fingerprint density at radius 2 is 1.80 bits per heavy atom. The molecule has 0 spiro atoms. The molecule has 176 valence electrons. The molecule has 3 amide bonds. The number of anilines is 3. The molecular formula is C26H23N5O4. The normalized spacial score (nSPS) is 12.4. The van der Waals surface area contributed by atoms with Crippen LogP contribution >= 0.6 is 0 Å². The number of carbonyl (C=O) groups excluding carboxylic acids is 3. The topological polar surface area (TPSA) is 135 Å². The van der Waals surface area contributed by atoms with Gasteiger partial charge in [-0.3, -0.25) is 24.1 Å². The van der Waals surface area contributed by atoms with Gasteiger partial charge in [0.05, 0.1) is 11.4 Å². The SMILES string of the molecule is Cc1[nH]c(=O)c(C#N)c(C)c1CCC(=O)Nc1ccc(C(=O)N2CC(=O)Nc3ccccc32)cc1. The lowest BCUT2D eigenvalue weighted by molar-refractivity contribution is -0.116. The summed E-state index contributed by atoms with van der Waals surface area (Å²) in [7, 11) is 0. The molecule has 3 aromatic rings. The monoisotopic (exact) mass is 469 g/mol. The lowest BCUT2D eigenvalue weighted by Gasteiger charge is -2.29. The molecule has 4 rings (SSSR count). The second-order valence-electron chi connectivity index (χ2n) is 8.25. The van der Waals surface area contributed by atoms with Gasteiger partial charge in [0.2, 0.25) is 11.8 Å². The lowest BCUT2D eigenvalue weighted by Crippen LogP contribution is -2.42. The number of aryl methyl sites for hydroxylation is 1. The van der Waals surface area contributed by atoms with Crippen LogP contribution in [0.4, 0.5) is 17.1 Å². The quantitative estimate of drug-likeness (QED) is 0.528. The lowest BCUT2D eigenvalue weighted by atomic mass is 9.99. The predicted octanol–water partition coefficient (Wildman–Crippen LogP) is 3.03. The van der Waals surface area contributed by atoms with Crippen LogP contribution in [0.15, 0.2) is 53.3 Å². The fraction of sp³-hybridized carbons (Fsp3) is 0.192. The van der Waals surface area contributed by atoms with E-state index in [-0.39, 0.29) is 36.3 Å². The molecule has 0 saturated carbocycles. The highest BCUT2D eigenvalue weighted by molar-refractivity contribution is 6.15. The van der Waals surface area contributed by atoms with E-state index in [0.717, 1.165) is 5.56 Å². The molecular weight excluding hydrogens is 446 g/mol. The van der Waals surface area contributed by atoms with Gasteiger partial charge in [-0.25, -0.2) is 0 Å². The number of nitrogens with zero attached hydrogens (tertiary/aromatic N) is 2. The van der Waals surface area contributed by atoms with Crippen LogP contribution in [0.1, 0.15) is 39.2 Å². The summed E-state index contributed by atoms with van der Waals surface area (Å²) >= 11 is 0. The van der Waals surface area contributed by atoms with Crippen molar-refractivity contribution in [3.63, 3.8) is 0 Å². The third-order valence-electron chi connectivity index (χ3n) is 5.95. The first-order valence-corrected chi connectivity index (χ1v) is 11.0. The van der Waals surface area contributed by atoms with Crippen molar-refractivity contribution < 1.29 is 14.4 Å². The Labute approximate surface area is 201 Å². The van der Waals surface area contributed by atoms with Crippen LogP contribution in [0.2, 0.25) is 0 Å². The van der Waals surface area contributed by atoms with Gasteiger partial charge in [-0.2, -0.15) is 5.26 Å². The minimum Gasteiger partial charge on any atom is -0.326 e. The number of H-pyrrole nitrogens is 1. The van der Waals surface area contributed by atoms with Crippen LogP contribution < -0.4 is 21.1 Å². The van der Waals surface area contributed by atoms with Gasteiger partial charge in [-0.15, -0.1) is 0 Å². The highest BCUT2D eigenvalue weighted by Crippen LogP contribution is 2.30. The summed E-state index contributed by atoms with van der Waals surface area (Å²) in [6.07, 6.45) is 0.515. The summed E-state index contributed by atoms with van der Waals surface area (Å²) in [6, 6.07) is 15.5. The molecule has 0 saturated heterocycles. The molecule has 9 heteroatoms. The van der Waals surface area contributed by atoms with Crippen LogP contribution in [-0.4, -0.2) is 29.3 Å². The summed E-state index contributed by atoms with van der Waals surface area (Å²) in [6.45, 7) is 3.36. The van der Waals surface area contributed by atoms with Gasteiger partial charge in [-0.1, -0.05) is 12.1 Å². The molecule has 2 heterocycles. The molecule has 0 fully saturated rings. The van der Waals surface area contributed by atoms with E-state index in [1.165, 1.54) is 4.90 Å². The van der Waals surface area contributed by atoms with Crippen LogP contribution in [0.3, 0.4) is 0 Å². The zero-order valence-electron chi connectivity index (χ0n) is 19.3. The Kier molecular flexibility index (Phi) is 6.46. The van der Waals surface area contributed by atoms with Gasteiger partial charge in [0.25, 0.3) is 11.5 Å². The van der Waals surface area contributed by atoms with Crippen LogP contribution in [0.5, 0.6) is 0 Å². The average molecular weight is 470 g/mol. The molecule has 0 unspecified atom stereocenters. The number of fused-ring (bicyclic) bond motifs is 1. The maximum atomic E-state index is 13.1. The van der Waals surface area contributed by atoms with E-state index >= 15 is 0 Å². The van der Waals surface area contributed by atoms with E-state index in [9.17, 15) is 24.4 Å². The first-order valence-electron chi connectivity index (χ1n) is 11.0. The van der Waals surface area contributed by atoms with Crippen molar-refractivity contribution in [2.45, 2.75) is 26.7 Å². The molecule has 1 aromatic heterocycles. The Morgan fingerprint density at radius 1 is 1.09 bits per heavy atom. The highest BCUT2D eigenvalue weighted by Gasteiger charge is 2.27. The second-order valence-corrected chi connectivity index (χ2v) is 8.25. The van der Waals surface area contributed by atoms with E-state index in [1.807, 2.05) is 6.07 Å². The first kappa shape index (κ1) is 23.4. The molecule has 0 atom stereocenters. The van der Waals surface area contributed by atoms with Crippen molar-refractivity contribution in [3.05, 3.63) is 86.8 Å². The van der Waals surface area contributed by atoms with Crippen molar-refractivity contribution >= 4 is 34.8 Å². The summed E-state index contributed by atoms with van der Waals surface area (Å²) in [4.78, 5) is 53.5. The number of aromatic nitrogens is 1. The number of hydrogen-bond acceptors (Lipinski definition) is 5. The van der Waals surface area contributed by atoms with Crippen molar-refractivity contribution in [2.75, 3.05) is 22.1 Å². The number of amides is 3. The van der Waals surface area contributed by atoms with Crippen molar-refractivity contribution in [1.82, 2.24) is 4.98 Å². The van der Waals surface area contributed by atoms with Gasteiger partial charge in [-0.05, 0) is 67.8 Å². The minimum absolute atomic E-state index is 0.0556. The molecule has 0 radical (unpaired) electrons. The first-order chi connectivity index (χ1) is 16.8. The van der Waals surface area contributed by atoms with Crippen molar-refractivity contribution in [3.8, 4) is 6.07 Å². The van der Waals surface area contributed by atoms with Gasteiger partial charge in [0.1, 0.15) is 18.2 Å². The Bertz CT molecular complexity index is 1430. The standard InChI is InChI=1S/C26H23N5O4/c1-15-19(16(2)28-25(34)20(15)13-27)11-12-23(32)29-18-9-7-17(8-10-18)26(35)31-14-24(33)30-21-5-3-4-6-22(21)31/h3-10H,11-12,14H2,1-2H3,(H,28,34)(H,29,32)(H,30,33). The number of pyridine rings is 1. The fourth-order valence-electron chi connectivity index (χ4n) is 4.15. The molecule has 1 aliphatic heterocycles. The predicted molar refractivity (Wildman–Crippen MR) is 131 cm³/mol. The smallest absolute Gasteiger partial charge is 0.266 e. The maximum Gasteiger partial charge on any atom is 0.266 e. The van der Waals surface area contributed by atoms with Crippen LogP contribution in [-0.2, 0) is 16.0 Å². The number of hydrogen-bond donors (Lipinski definition) is 3. The van der Waals surface area contributed by atoms with Gasteiger partial charge in [0.15, 0.2) is 0 Å². The summed E-state index contributed by atoms with van der Waals surface area (Å²) in [5.41, 5.74) is 3.72. The Hall–Kier alpha value is -4.71. The maximum absolute atomic E-state index is 13.1. The third kappa shape index (κ3) is 4.82. The largest absolute Gasteiger partial charge is 0.326 e. The van der Waals surface area contributed by atoms with E-state index in [2.05, 4.69) is 15.6 Å². The number of carbonyl (C=O) groups is 3. The second kappa shape index (κ2) is 9.65. The average Bonchev–Trinajstić information content (AvgIpc) is 2.83. The van der Waals surface area contributed by atoms with Gasteiger partial charge in [0, 0.05) is 23.4 Å². The number of benzene rings is 2. The van der Waals surface area contributed by atoms with Crippen molar-refractivity contribution in [1.29, 1.82) is 5.26 Å². The van der Waals surface area contributed by atoms with Gasteiger partial charge >= 0.3 is 0 Å². The number of para-hydroxylation sites is 2. The molecule has 9 nitrogen and oxygen atoms in total. The number of aromatic amines is 1. The number of nitriles is 1. The highest BCUT2D eigenvalue weighted by atomic mass is 16.2. The summed E-state index contributed by atoms with van der Waals surface area (Å²) in [5.74, 6) is -0.826. The van der Waals surface area contributed by atoms with E-state index in [1.54, 1.807) is 62.4 Å². The molecule has 0 bridgehead atoms. The van der Waals surface area contributed by atoms with Crippen LogP contribution in [0, 0.1) is 25.2 Å². The van der Waals surface area contributed by atoms with E-state index < -0.39 is 5.56 Å². The third-order valence-corrected chi connectivity index (χ3v) is 5.95. The Morgan fingerprint density at radius 3 is 2.51 bits per heavy atom. The van der Waals surface area contributed by atoms with Gasteiger partial charge < -0.3 is 15.6 Å². The molecule has 35 heavy (non-hydrogen) atoms. The molecule has 3 N–H and O–H groups in total.